The van der Waals surface area contributed by atoms with E-state index in [1.165, 1.54) is 74.4 Å². The van der Waals surface area contributed by atoms with E-state index in [4.69, 9.17) is 5.73 Å². The van der Waals surface area contributed by atoms with Crippen molar-refractivity contribution in [1.82, 2.24) is 4.90 Å². The molecule has 2 aliphatic rings. The molecule has 2 saturated carbocycles. The standard InChI is InChI=1S/C20H31BrN2/c21-18-8-4-7-17(13-18)15-23(14-16-5-2-1-3-6-16)20-11-9-19(22)10-12-20/h4,7-8,13,16,19-20H,1-3,5-6,9-12,14-15,22H2. The van der Waals surface area contributed by atoms with Crippen LogP contribution in [0.15, 0.2) is 28.7 Å². The van der Waals surface area contributed by atoms with E-state index in [1.54, 1.807) is 0 Å². The minimum absolute atomic E-state index is 0.439. The van der Waals surface area contributed by atoms with E-state index < -0.39 is 0 Å². The van der Waals surface area contributed by atoms with Crippen molar-refractivity contribution in [2.75, 3.05) is 6.54 Å². The van der Waals surface area contributed by atoms with E-state index >= 15 is 0 Å². The van der Waals surface area contributed by atoms with Crippen LogP contribution < -0.4 is 5.73 Å². The van der Waals surface area contributed by atoms with Gasteiger partial charge in [0.05, 0.1) is 0 Å². The first kappa shape index (κ1) is 17.4. The molecule has 1 aromatic carbocycles. The molecular weight excluding hydrogens is 348 g/mol. The summed E-state index contributed by atoms with van der Waals surface area (Å²) < 4.78 is 1.19. The van der Waals surface area contributed by atoms with E-state index in [-0.39, 0.29) is 0 Å². The maximum atomic E-state index is 6.13. The van der Waals surface area contributed by atoms with Gasteiger partial charge in [-0.2, -0.15) is 0 Å². The van der Waals surface area contributed by atoms with E-state index in [9.17, 15) is 0 Å². The minimum atomic E-state index is 0.439. The Morgan fingerprint density at radius 2 is 1.74 bits per heavy atom. The van der Waals surface area contributed by atoms with Gasteiger partial charge in [-0.1, -0.05) is 47.3 Å². The summed E-state index contributed by atoms with van der Waals surface area (Å²) in [4.78, 5) is 2.78. The Balaban J connectivity index is 1.66. The molecule has 0 bridgehead atoms. The highest BCUT2D eigenvalue weighted by Crippen LogP contribution is 2.29. The topological polar surface area (TPSA) is 29.3 Å². The number of hydrogen-bond donors (Lipinski definition) is 1. The van der Waals surface area contributed by atoms with Gasteiger partial charge in [-0.05, 0) is 62.1 Å². The Bertz CT molecular complexity index is 476. The van der Waals surface area contributed by atoms with E-state index in [0.29, 0.717) is 6.04 Å². The van der Waals surface area contributed by atoms with Crippen molar-refractivity contribution in [3.63, 3.8) is 0 Å². The molecule has 0 aromatic heterocycles. The van der Waals surface area contributed by atoms with Crippen molar-refractivity contribution < 1.29 is 0 Å². The largest absolute Gasteiger partial charge is 0.328 e. The lowest BCUT2D eigenvalue weighted by Crippen LogP contribution is -2.43. The van der Waals surface area contributed by atoms with Crippen molar-refractivity contribution in [1.29, 1.82) is 0 Å². The third-order valence-electron chi connectivity index (χ3n) is 5.75. The van der Waals surface area contributed by atoms with Crippen LogP contribution in [0.4, 0.5) is 0 Å². The van der Waals surface area contributed by atoms with Crippen molar-refractivity contribution in [3.05, 3.63) is 34.3 Å². The first-order chi connectivity index (χ1) is 11.2. The van der Waals surface area contributed by atoms with Gasteiger partial charge in [0.1, 0.15) is 0 Å². The highest BCUT2D eigenvalue weighted by atomic mass is 79.9. The van der Waals surface area contributed by atoms with Crippen LogP contribution in [0.5, 0.6) is 0 Å². The summed E-state index contributed by atoms with van der Waals surface area (Å²) in [6.45, 7) is 2.38. The number of nitrogens with two attached hydrogens (primary N) is 1. The average molecular weight is 379 g/mol. The molecule has 0 atom stereocenters. The fourth-order valence-electron chi connectivity index (χ4n) is 4.38. The monoisotopic (exact) mass is 378 g/mol. The maximum absolute atomic E-state index is 6.13. The molecule has 2 aliphatic carbocycles. The van der Waals surface area contributed by atoms with Gasteiger partial charge in [0.2, 0.25) is 0 Å². The van der Waals surface area contributed by atoms with Gasteiger partial charge in [-0.15, -0.1) is 0 Å². The molecule has 0 spiro atoms. The molecule has 0 heterocycles. The molecule has 0 radical (unpaired) electrons. The van der Waals surface area contributed by atoms with Crippen LogP contribution in [-0.2, 0) is 6.54 Å². The lowest BCUT2D eigenvalue weighted by atomic mass is 9.86. The molecule has 0 unspecified atom stereocenters. The molecule has 0 aliphatic heterocycles. The molecule has 2 fully saturated rings. The molecule has 1 aromatic rings. The van der Waals surface area contributed by atoms with Gasteiger partial charge in [0.15, 0.2) is 0 Å². The van der Waals surface area contributed by atoms with Crippen LogP contribution in [0.1, 0.15) is 63.4 Å². The lowest BCUT2D eigenvalue weighted by Gasteiger charge is -2.39. The molecule has 2 N–H and O–H groups in total. The zero-order valence-electron chi connectivity index (χ0n) is 14.2. The van der Waals surface area contributed by atoms with Crippen LogP contribution in [0.3, 0.4) is 0 Å². The van der Waals surface area contributed by atoms with E-state index in [2.05, 4.69) is 45.1 Å². The Morgan fingerprint density at radius 1 is 1.00 bits per heavy atom. The molecule has 3 rings (SSSR count). The van der Waals surface area contributed by atoms with Gasteiger partial charge in [-0.25, -0.2) is 0 Å². The fourth-order valence-corrected chi connectivity index (χ4v) is 4.83. The zero-order valence-corrected chi connectivity index (χ0v) is 15.8. The van der Waals surface area contributed by atoms with Crippen LogP contribution >= 0.6 is 15.9 Å². The molecule has 0 amide bonds. The van der Waals surface area contributed by atoms with Gasteiger partial charge < -0.3 is 5.73 Å². The summed E-state index contributed by atoms with van der Waals surface area (Å²) >= 11 is 3.62. The van der Waals surface area contributed by atoms with Gasteiger partial charge in [-0.3, -0.25) is 4.90 Å². The molecular formula is C20H31BrN2. The van der Waals surface area contributed by atoms with Crippen LogP contribution in [0.2, 0.25) is 0 Å². The van der Waals surface area contributed by atoms with Crippen molar-refractivity contribution >= 4 is 15.9 Å². The van der Waals surface area contributed by atoms with Crippen LogP contribution in [-0.4, -0.2) is 23.5 Å². The minimum Gasteiger partial charge on any atom is -0.328 e. The van der Waals surface area contributed by atoms with Gasteiger partial charge in [0, 0.05) is 29.6 Å². The quantitative estimate of drug-likeness (QED) is 0.771. The van der Waals surface area contributed by atoms with Crippen LogP contribution in [0.25, 0.3) is 0 Å². The SMILES string of the molecule is NC1CCC(N(Cc2cccc(Br)c2)CC2CCCCC2)CC1. The summed E-state index contributed by atoms with van der Waals surface area (Å²) in [5.41, 5.74) is 7.56. The number of hydrogen-bond acceptors (Lipinski definition) is 2. The Morgan fingerprint density at radius 3 is 2.43 bits per heavy atom. The molecule has 2 nitrogen and oxygen atoms in total. The highest BCUT2D eigenvalue weighted by molar-refractivity contribution is 9.10. The third-order valence-corrected chi connectivity index (χ3v) is 6.24. The summed E-state index contributed by atoms with van der Waals surface area (Å²) in [5, 5.41) is 0. The fraction of sp³-hybridized carbons (Fsp3) is 0.700. The first-order valence-corrected chi connectivity index (χ1v) is 10.2. The van der Waals surface area contributed by atoms with Crippen molar-refractivity contribution in [2.24, 2.45) is 11.7 Å². The summed E-state index contributed by atoms with van der Waals surface area (Å²) in [6, 6.07) is 10.0. The normalized spacial score (nSPS) is 26.6. The number of benzene rings is 1. The predicted molar refractivity (Wildman–Crippen MR) is 101 cm³/mol. The number of halogens is 1. The Labute approximate surface area is 149 Å². The predicted octanol–water partition coefficient (Wildman–Crippen LogP) is 5.10. The maximum Gasteiger partial charge on any atom is 0.0237 e. The first-order valence-electron chi connectivity index (χ1n) is 9.45. The molecule has 128 valence electrons. The molecule has 23 heavy (non-hydrogen) atoms. The second-order valence-corrected chi connectivity index (χ2v) is 8.55. The van der Waals surface area contributed by atoms with Crippen LogP contribution in [0, 0.1) is 5.92 Å². The van der Waals surface area contributed by atoms with E-state index in [1.807, 2.05) is 0 Å². The number of rotatable bonds is 5. The van der Waals surface area contributed by atoms with Crippen molar-refractivity contribution in [2.45, 2.75) is 76.4 Å². The summed E-state index contributed by atoms with van der Waals surface area (Å²) in [6.07, 6.45) is 12.1. The summed E-state index contributed by atoms with van der Waals surface area (Å²) in [5.74, 6) is 0.909. The average Bonchev–Trinajstić information content (AvgIpc) is 2.56. The second kappa shape index (κ2) is 8.64. The summed E-state index contributed by atoms with van der Waals surface area (Å²) in [7, 11) is 0. The molecule has 0 saturated heterocycles. The van der Waals surface area contributed by atoms with Gasteiger partial charge in [0.25, 0.3) is 0 Å². The highest BCUT2D eigenvalue weighted by Gasteiger charge is 2.27. The third kappa shape index (κ3) is 5.30. The molecule has 3 heteroatoms. The Kier molecular flexibility index (Phi) is 6.55. The zero-order chi connectivity index (χ0) is 16.1. The van der Waals surface area contributed by atoms with Crippen molar-refractivity contribution in [3.8, 4) is 0 Å². The second-order valence-electron chi connectivity index (χ2n) is 7.63. The number of nitrogens with zero attached hydrogens (tertiary/aromatic N) is 1. The van der Waals surface area contributed by atoms with Gasteiger partial charge >= 0.3 is 0 Å². The Hall–Kier alpha value is -0.380. The lowest BCUT2D eigenvalue weighted by molar-refractivity contribution is 0.109. The smallest absolute Gasteiger partial charge is 0.0237 e. The van der Waals surface area contributed by atoms with E-state index in [0.717, 1.165) is 18.5 Å².